The third kappa shape index (κ3) is 3.08. The predicted molar refractivity (Wildman–Crippen MR) is 71.5 cm³/mol. The number of hydrogen-bond donors (Lipinski definition) is 1. The fourth-order valence-electron chi connectivity index (χ4n) is 1.26. The summed E-state index contributed by atoms with van der Waals surface area (Å²) in [5.74, 6) is 0.263. The van der Waals surface area contributed by atoms with E-state index in [2.05, 4.69) is 23.2 Å². The average Bonchev–Trinajstić information content (AvgIpc) is 2.78. The summed E-state index contributed by atoms with van der Waals surface area (Å²) in [4.78, 5) is 16.1. The van der Waals surface area contributed by atoms with Gasteiger partial charge in [0, 0.05) is 10.8 Å². The number of aromatic nitrogens is 2. The highest BCUT2D eigenvalue weighted by atomic mass is 32.2. The molecule has 0 fully saturated rings. The zero-order chi connectivity index (χ0) is 13.1. The van der Waals surface area contributed by atoms with Crippen molar-refractivity contribution in [1.29, 1.82) is 0 Å². The maximum absolute atomic E-state index is 10.7. The predicted octanol–water partition coefficient (Wildman–Crippen LogP) is 3.51. The fraction of sp³-hybridized carbons (Fsp3) is 0.250. The molecule has 2 aromatic rings. The van der Waals surface area contributed by atoms with Gasteiger partial charge in [-0.15, -0.1) is 0 Å². The van der Waals surface area contributed by atoms with E-state index in [4.69, 9.17) is 5.11 Å². The number of nitrogens with zero attached hydrogens (tertiary/aromatic N) is 2. The van der Waals surface area contributed by atoms with Gasteiger partial charge in [0.15, 0.2) is 4.34 Å². The lowest BCUT2D eigenvalue weighted by molar-refractivity contribution is 0.0697. The van der Waals surface area contributed by atoms with Crippen LogP contribution in [0.5, 0.6) is 0 Å². The average molecular weight is 280 g/mol. The third-order valence-electron chi connectivity index (χ3n) is 2.25. The maximum atomic E-state index is 10.7. The summed E-state index contributed by atoms with van der Waals surface area (Å²) in [7, 11) is 0. The number of carboxylic acids is 1. The van der Waals surface area contributed by atoms with Gasteiger partial charge in [-0.05, 0) is 35.8 Å². The molecule has 0 saturated carbocycles. The van der Waals surface area contributed by atoms with Crippen molar-refractivity contribution in [3.63, 3.8) is 0 Å². The molecule has 0 atom stereocenters. The van der Waals surface area contributed by atoms with E-state index in [1.165, 1.54) is 23.3 Å². The lowest BCUT2D eigenvalue weighted by Gasteiger charge is -1.98. The van der Waals surface area contributed by atoms with E-state index in [1.54, 1.807) is 24.3 Å². The van der Waals surface area contributed by atoms with Crippen LogP contribution < -0.4 is 0 Å². The molecule has 0 bridgehead atoms. The van der Waals surface area contributed by atoms with Crippen LogP contribution in [0.1, 0.15) is 35.9 Å². The summed E-state index contributed by atoms with van der Waals surface area (Å²) in [6, 6.07) is 6.75. The molecule has 0 spiro atoms. The Morgan fingerprint density at radius 1 is 1.33 bits per heavy atom. The van der Waals surface area contributed by atoms with Crippen molar-refractivity contribution in [3.05, 3.63) is 35.7 Å². The number of rotatable bonds is 4. The van der Waals surface area contributed by atoms with Crippen LogP contribution in [0.4, 0.5) is 0 Å². The number of carboxylic acid groups (broad SMARTS) is 1. The summed E-state index contributed by atoms with van der Waals surface area (Å²) in [5, 5.41) is 8.80. The smallest absolute Gasteiger partial charge is 0.335 e. The molecule has 0 amide bonds. The van der Waals surface area contributed by atoms with Crippen molar-refractivity contribution in [2.75, 3.05) is 0 Å². The first kappa shape index (κ1) is 13.0. The molecule has 0 unspecified atom stereocenters. The van der Waals surface area contributed by atoms with Crippen LogP contribution in [0.2, 0.25) is 0 Å². The largest absolute Gasteiger partial charge is 0.478 e. The Kier molecular flexibility index (Phi) is 3.98. The SMILES string of the molecule is CC(C)c1nsc(Sc2ccc(C(=O)O)cc2)n1. The van der Waals surface area contributed by atoms with Crippen LogP contribution >= 0.6 is 23.3 Å². The first-order valence-corrected chi connectivity index (χ1v) is 7.00. The standard InChI is InChI=1S/C12H12N2O2S2/c1-7(2)10-13-12(18-14-10)17-9-5-3-8(4-6-9)11(15)16/h3-7H,1-2H3,(H,15,16). The minimum Gasteiger partial charge on any atom is -0.478 e. The lowest BCUT2D eigenvalue weighted by atomic mass is 10.2. The van der Waals surface area contributed by atoms with Gasteiger partial charge in [-0.2, -0.15) is 4.37 Å². The first-order chi connectivity index (χ1) is 8.56. The van der Waals surface area contributed by atoms with E-state index in [-0.39, 0.29) is 0 Å². The molecular formula is C12H12N2O2S2. The third-order valence-corrected chi connectivity index (χ3v) is 4.02. The molecule has 18 heavy (non-hydrogen) atoms. The van der Waals surface area contributed by atoms with Crippen LogP contribution in [0.25, 0.3) is 0 Å². The van der Waals surface area contributed by atoms with E-state index in [0.717, 1.165) is 15.1 Å². The molecule has 1 heterocycles. The zero-order valence-electron chi connectivity index (χ0n) is 9.95. The first-order valence-electron chi connectivity index (χ1n) is 5.41. The summed E-state index contributed by atoms with van der Waals surface area (Å²) < 4.78 is 5.15. The number of benzene rings is 1. The van der Waals surface area contributed by atoms with Gasteiger partial charge in [-0.1, -0.05) is 25.6 Å². The van der Waals surface area contributed by atoms with Gasteiger partial charge in [0.2, 0.25) is 0 Å². The van der Waals surface area contributed by atoms with Gasteiger partial charge in [0.1, 0.15) is 5.82 Å². The summed E-state index contributed by atoms with van der Waals surface area (Å²) in [6.45, 7) is 4.11. The van der Waals surface area contributed by atoms with Crippen LogP contribution in [0.3, 0.4) is 0 Å². The lowest BCUT2D eigenvalue weighted by Crippen LogP contribution is -1.94. The Labute approximate surface area is 113 Å². The van der Waals surface area contributed by atoms with Crippen LogP contribution in [0.15, 0.2) is 33.5 Å². The van der Waals surface area contributed by atoms with Crippen molar-refractivity contribution < 1.29 is 9.90 Å². The molecule has 0 saturated heterocycles. The Bertz CT molecular complexity index is 549. The van der Waals surface area contributed by atoms with E-state index in [9.17, 15) is 4.79 Å². The van der Waals surface area contributed by atoms with Crippen molar-refractivity contribution in [2.24, 2.45) is 0 Å². The van der Waals surface area contributed by atoms with Crippen molar-refractivity contribution >= 4 is 29.3 Å². The topological polar surface area (TPSA) is 63.1 Å². The normalized spacial score (nSPS) is 10.8. The van der Waals surface area contributed by atoms with E-state index in [0.29, 0.717) is 11.5 Å². The second kappa shape index (κ2) is 5.49. The second-order valence-corrected chi connectivity index (χ2v) is 6.08. The highest BCUT2D eigenvalue weighted by Crippen LogP contribution is 2.30. The summed E-state index contributed by atoms with van der Waals surface area (Å²) >= 11 is 2.87. The van der Waals surface area contributed by atoms with Gasteiger partial charge in [0.25, 0.3) is 0 Å². The molecule has 0 aliphatic rings. The molecule has 0 aliphatic carbocycles. The summed E-state index contributed by atoms with van der Waals surface area (Å²) in [6.07, 6.45) is 0. The van der Waals surface area contributed by atoms with Crippen molar-refractivity contribution in [3.8, 4) is 0 Å². The van der Waals surface area contributed by atoms with Gasteiger partial charge in [-0.3, -0.25) is 0 Å². The van der Waals surface area contributed by atoms with E-state index in [1.807, 2.05) is 0 Å². The van der Waals surface area contributed by atoms with Crippen LogP contribution in [-0.4, -0.2) is 20.4 Å². The quantitative estimate of drug-likeness (QED) is 0.928. The zero-order valence-corrected chi connectivity index (χ0v) is 11.6. The Morgan fingerprint density at radius 3 is 2.50 bits per heavy atom. The molecule has 1 aromatic heterocycles. The van der Waals surface area contributed by atoms with Gasteiger partial charge in [0.05, 0.1) is 5.56 Å². The van der Waals surface area contributed by atoms with Crippen molar-refractivity contribution in [1.82, 2.24) is 9.36 Å². The number of hydrogen-bond acceptors (Lipinski definition) is 5. The minimum absolute atomic E-state index is 0.291. The Hall–Kier alpha value is -1.40. The van der Waals surface area contributed by atoms with Gasteiger partial charge in [-0.25, -0.2) is 9.78 Å². The molecule has 1 N–H and O–H groups in total. The van der Waals surface area contributed by atoms with E-state index < -0.39 is 5.97 Å². The number of carbonyl (C=O) groups is 1. The Morgan fingerprint density at radius 2 is 2.00 bits per heavy atom. The van der Waals surface area contributed by atoms with Crippen LogP contribution in [0, 0.1) is 0 Å². The van der Waals surface area contributed by atoms with Crippen LogP contribution in [-0.2, 0) is 0 Å². The minimum atomic E-state index is -0.912. The highest BCUT2D eigenvalue weighted by molar-refractivity contribution is 8.01. The molecule has 1 aromatic carbocycles. The highest BCUT2D eigenvalue weighted by Gasteiger charge is 2.09. The Balaban J connectivity index is 2.10. The molecule has 94 valence electrons. The molecule has 2 rings (SSSR count). The van der Waals surface area contributed by atoms with Crippen molar-refractivity contribution in [2.45, 2.75) is 29.0 Å². The van der Waals surface area contributed by atoms with Gasteiger partial charge >= 0.3 is 5.97 Å². The molecule has 6 heteroatoms. The summed E-state index contributed by atoms with van der Waals surface area (Å²) in [5.41, 5.74) is 0.291. The molecule has 4 nitrogen and oxygen atoms in total. The molecular weight excluding hydrogens is 268 g/mol. The molecule has 0 aliphatic heterocycles. The second-order valence-electron chi connectivity index (χ2n) is 4.00. The maximum Gasteiger partial charge on any atom is 0.335 e. The monoisotopic (exact) mass is 280 g/mol. The number of aromatic carboxylic acids is 1. The van der Waals surface area contributed by atoms with E-state index >= 15 is 0 Å². The fourth-order valence-corrected chi connectivity index (χ4v) is 2.98. The molecule has 0 radical (unpaired) electrons. The van der Waals surface area contributed by atoms with Gasteiger partial charge < -0.3 is 5.11 Å².